The van der Waals surface area contributed by atoms with Crippen LogP contribution >= 0.6 is 0 Å². The number of likely N-dealkylation sites (N-methyl/N-ethyl adjacent to an activating group) is 1. The molecule has 0 aromatic carbocycles. The molecule has 1 atom stereocenters. The van der Waals surface area contributed by atoms with Crippen LogP contribution in [0.3, 0.4) is 0 Å². The molecule has 1 rings (SSSR count). The van der Waals surface area contributed by atoms with Gasteiger partial charge >= 0.3 is 0 Å². The lowest BCUT2D eigenvalue weighted by Gasteiger charge is -2.34. The van der Waals surface area contributed by atoms with E-state index in [4.69, 9.17) is 15.9 Å². The molecule has 1 fully saturated rings. The van der Waals surface area contributed by atoms with Crippen LogP contribution < -0.4 is 5.73 Å². The van der Waals surface area contributed by atoms with Gasteiger partial charge in [0.05, 0.1) is 24.8 Å². The van der Waals surface area contributed by atoms with Crippen LogP contribution in [0.1, 0.15) is 20.8 Å². The summed E-state index contributed by atoms with van der Waals surface area (Å²) in [7, 11) is 5.50. The number of nitrogens with one attached hydrogen (secondary N) is 1. The zero-order chi connectivity index (χ0) is 16.9. The fraction of sp³-hybridized carbons (Fsp3) is 0.667. The van der Waals surface area contributed by atoms with E-state index in [0.717, 1.165) is 11.3 Å². The maximum atomic E-state index is 8.32. The van der Waals surface area contributed by atoms with Crippen LogP contribution in [-0.2, 0) is 4.74 Å². The zero-order valence-electron chi connectivity index (χ0n) is 14.5. The van der Waals surface area contributed by atoms with Crippen LogP contribution in [0, 0.1) is 5.41 Å². The maximum absolute atomic E-state index is 8.32. The summed E-state index contributed by atoms with van der Waals surface area (Å²) in [6.07, 6.45) is 0. The third-order valence-electron chi connectivity index (χ3n) is 3.59. The van der Waals surface area contributed by atoms with E-state index < -0.39 is 0 Å². The average Bonchev–Trinajstić information content (AvgIpc) is 2.45. The third-order valence-corrected chi connectivity index (χ3v) is 3.59. The fourth-order valence-corrected chi connectivity index (χ4v) is 2.32. The van der Waals surface area contributed by atoms with Gasteiger partial charge in [0.25, 0.3) is 0 Å². The van der Waals surface area contributed by atoms with Gasteiger partial charge in [-0.2, -0.15) is 4.99 Å². The van der Waals surface area contributed by atoms with Crippen LogP contribution in [0.15, 0.2) is 21.3 Å². The second-order valence-corrected chi connectivity index (χ2v) is 5.64. The van der Waals surface area contributed by atoms with Gasteiger partial charge in [-0.15, -0.1) is 0 Å². The Bertz CT molecular complexity index is 502. The maximum Gasteiger partial charge on any atom is 0.220 e. The van der Waals surface area contributed by atoms with Crippen LogP contribution in [-0.4, -0.2) is 74.3 Å². The molecule has 0 radical (unpaired) electrons. The van der Waals surface area contributed by atoms with Crippen molar-refractivity contribution in [2.75, 3.05) is 40.9 Å². The molecule has 0 aliphatic carbocycles. The summed E-state index contributed by atoms with van der Waals surface area (Å²) in [6, 6.07) is 0.140. The summed E-state index contributed by atoms with van der Waals surface area (Å²) in [5.74, 6) is 0.869. The number of rotatable bonds is 2. The topological polar surface area (TPSA) is 90.3 Å². The molecule has 0 spiro atoms. The van der Waals surface area contributed by atoms with Crippen molar-refractivity contribution in [3.8, 4) is 0 Å². The number of nitrogens with two attached hydrogens (primary N) is 1. The van der Waals surface area contributed by atoms with Crippen molar-refractivity contribution in [1.29, 1.82) is 5.41 Å². The molecule has 1 saturated heterocycles. The SMILES string of the molecule is CN=C(C)C(C(=NC(=N)N1CCOC[C@H]1C)N(C)C)=C(C)N. The van der Waals surface area contributed by atoms with E-state index in [0.29, 0.717) is 31.3 Å². The van der Waals surface area contributed by atoms with Gasteiger partial charge in [0.2, 0.25) is 5.96 Å². The van der Waals surface area contributed by atoms with Crippen molar-refractivity contribution in [1.82, 2.24) is 9.80 Å². The first-order chi connectivity index (χ1) is 10.3. The van der Waals surface area contributed by atoms with Crippen molar-refractivity contribution in [3.63, 3.8) is 0 Å². The molecule has 0 bridgehead atoms. The van der Waals surface area contributed by atoms with E-state index in [1.807, 2.05) is 44.7 Å². The highest BCUT2D eigenvalue weighted by molar-refractivity contribution is 6.24. The van der Waals surface area contributed by atoms with Crippen molar-refractivity contribution >= 4 is 17.5 Å². The van der Waals surface area contributed by atoms with Gasteiger partial charge < -0.3 is 20.3 Å². The number of allylic oxidation sites excluding steroid dienone is 1. The molecule has 22 heavy (non-hydrogen) atoms. The summed E-state index contributed by atoms with van der Waals surface area (Å²) in [6.45, 7) is 7.65. The minimum Gasteiger partial charge on any atom is -0.402 e. The average molecular weight is 308 g/mol. The second kappa shape index (κ2) is 7.93. The molecule has 0 aromatic heterocycles. The van der Waals surface area contributed by atoms with Crippen LogP contribution in [0.4, 0.5) is 0 Å². The largest absolute Gasteiger partial charge is 0.402 e. The Labute approximate surface area is 133 Å². The van der Waals surface area contributed by atoms with E-state index in [1.165, 1.54) is 0 Å². The summed E-state index contributed by atoms with van der Waals surface area (Å²) in [5.41, 5.74) is 8.24. The number of morpholine rings is 1. The van der Waals surface area contributed by atoms with E-state index >= 15 is 0 Å². The molecule has 0 aromatic rings. The Morgan fingerprint density at radius 1 is 1.36 bits per heavy atom. The Morgan fingerprint density at radius 3 is 2.45 bits per heavy atom. The lowest BCUT2D eigenvalue weighted by atomic mass is 10.1. The molecular formula is C15H28N6O. The molecule has 1 heterocycles. The molecular weight excluding hydrogens is 280 g/mol. The monoisotopic (exact) mass is 308 g/mol. The molecule has 0 amide bonds. The molecule has 3 N–H and O–H groups in total. The molecule has 1 aliphatic heterocycles. The summed E-state index contributed by atoms with van der Waals surface area (Å²) < 4.78 is 5.41. The number of nitrogens with zero attached hydrogens (tertiary/aromatic N) is 4. The van der Waals surface area contributed by atoms with Gasteiger partial charge in [0, 0.05) is 39.1 Å². The summed E-state index contributed by atoms with van der Waals surface area (Å²) >= 11 is 0. The highest BCUT2D eigenvalue weighted by atomic mass is 16.5. The number of hydrogen-bond donors (Lipinski definition) is 2. The number of aliphatic imine (C=N–C) groups is 2. The predicted octanol–water partition coefficient (Wildman–Crippen LogP) is 0.925. The Balaban J connectivity index is 3.19. The van der Waals surface area contributed by atoms with Gasteiger partial charge in [-0.3, -0.25) is 10.4 Å². The van der Waals surface area contributed by atoms with Crippen molar-refractivity contribution in [3.05, 3.63) is 11.3 Å². The highest BCUT2D eigenvalue weighted by Gasteiger charge is 2.23. The van der Waals surface area contributed by atoms with Gasteiger partial charge in [0.15, 0.2) is 0 Å². The molecule has 7 heteroatoms. The summed E-state index contributed by atoms with van der Waals surface area (Å²) in [4.78, 5) is 12.5. The molecule has 1 aliphatic rings. The lowest BCUT2D eigenvalue weighted by molar-refractivity contribution is 0.0323. The Hall–Kier alpha value is -1.89. The van der Waals surface area contributed by atoms with E-state index in [9.17, 15) is 0 Å². The smallest absolute Gasteiger partial charge is 0.220 e. The standard InChI is InChI=1S/C15H28N6O/c1-10-9-22-8-7-21(10)15(17)19-14(20(5)6)13(11(2)16)12(3)18-4/h10,17H,7-9,16H2,1-6H3/t10-/m1/s1. The Morgan fingerprint density at radius 2 is 2.00 bits per heavy atom. The fourth-order valence-electron chi connectivity index (χ4n) is 2.32. The summed E-state index contributed by atoms with van der Waals surface area (Å²) in [5, 5.41) is 8.32. The Kier molecular flexibility index (Phi) is 6.55. The molecule has 7 nitrogen and oxygen atoms in total. The molecule has 124 valence electrons. The minimum atomic E-state index is 0.140. The van der Waals surface area contributed by atoms with Gasteiger partial charge in [-0.05, 0) is 20.8 Å². The number of guanidine groups is 1. The van der Waals surface area contributed by atoms with Crippen LogP contribution in [0.25, 0.3) is 0 Å². The molecule has 0 unspecified atom stereocenters. The third kappa shape index (κ3) is 4.30. The molecule has 0 saturated carbocycles. The van der Waals surface area contributed by atoms with E-state index in [2.05, 4.69) is 9.98 Å². The first-order valence-electron chi connectivity index (χ1n) is 7.39. The van der Waals surface area contributed by atoms with Gasteiger partial charge in [-0.1, -0.05) is 0 Å². The normalized spacial score (nSPS) is 21.5. The highest BCUT2D eigenvalue weighted by Crippen LogP contribution is 2.12. The number of amidine groups is 1. The zero-order valence-corrected chi connectivity index (χ0v) is 14.5. The lowest BCUT2D eigenvalue weighted by Crippen LogP contribution is -2.47. The number of hydrogen-bond acceptors (Lipinski definition) is 4. The van der Waals surface area contributed by atoms with E-state index in [1.54, 1.807) is 7.05 Å². The van der Waals surface area contributed by atoms with Crippen LogP contribution in [0.5, 0.6) is 0 Å². The van der Waals surface area contributed by atoms with Crippen molar-refractivity contribution < 1.29 is 4.74 Å². The van der Waals surface area contributed by atoms with E-state index in [-0.39, 0.29) is 12.0 Å². The quantitative estimate of drug-likeness (QED) is 0.586. The predicted molar refractivity (Wildman–Crippen MR) is 91.8 cm³/mol. The van der Waals surface area contributed by atoms with Gasteiger partial charge in [-0.25, -0.2) is 0 Å². The van der Waals surface area contributed by atoms with Gasteiger partial charge in [0.1, 0.15) is 5.84 Å². The minimum absolute atomic E-state index is 0.140. The van der Waals surface area contributed by atoms with Crippen LogP contribution in [0.2, 0.25) is 0 Å². The number of ether oxygens (including phenoxy) is 1. The first kappa shape index (κ1) is 18.2. The van der Waals surface area contributed by atoms with Crippen molar-refractivity contribution in [2.24, 2.45) is 15.7 Å². The second-order valence-electron chi connectivity index (χ2n) is 5.64. The first-order valence-corrected chi connectivity index (χ1v) is 7.39. The van der Waals surface area contributed by atoms with Crippen molar-refractivity contribution in [2.45, 2.75) is 26.8 Å².